The zero-order chi connectivity index (χ0) is 8.04. The molecule has 0 aliphatic carbocycles. The van der Waals surface area contributed by atoms with E-state index in [1.807, 2.05) is 0 Å². The summed E-state index contributed by atoms with van der Waals surface area (Å²) < 4.78 is 0. The minimum Gasteiger partial charge on any atom is -0.236 e. The Hall–Kier alpha value is -0.0400. The Morgan fingerprint density at radius 2 is 1.80 bits per heavy atom. The molecular formula is C9H19O. The minimum atomic E-state index is 0.0369. The molecule has 0 N–H and O–H groups in total. The molecule has 1 nitrogen and oxygen atoms in total. The van der Waals surface area contributed by atoms with Crippen molar-refractivity contribution >= 4 is 0 Å². The molecule has 0 atom stereocenters. The molecule has 0 spiro atoms. The molecule has 0 aromatic rings. The largest absolute Gasteiger partial charge is 0.236 e. The lowest BCUT2D eigenvalue weighted by Crippen LogP contribution is -2.15. The summed E-state index contributed by atoms with van der Waals surface area (Å²) in [5, 5.41) is 10.5. The first kappa shape index (κ1) is 9.96. The molecule has 61 valence electrons. The van der Waals surface area contributed by atoms with Crippen molar-refractivity contribution in [2.24, 2.45) is 5.41 Å². The van der Waals surface area contributed by atoms with Gasteiger partial charge in [-0.25, -0.2) is 5.11 Å². The highest BCUT2D eigenvalue weighted by Gasteiger charge is 2.15. The maximum absolute atomic E-state index is 10.5. The second-order valence-corrected chi connectivity index (χ2v) is 3.77. The van der Waals surface area contributed by atoms with Crippen molar-refractivity contribution in [3.05, 3.63) is 0 Å². The quantitative estimate of drug-likeness (QED) is 0.527. The molecule has 0 unspecified atom stereocenters. The molecule has 1 radical (unpaired) electrons. The Bertz CT molecular complexity index is 76.8. The third kappa shape index (κ3) is 4.80. The molecule has 0 aliphatic heterocycles. The van der Waals surface area contributed by atoms with E-state index in [1.165, 1.54) is 19.3 Å². The van der Waals surface area contributed by atoms with Crippen LogP contribution in [0.2, 0.25) is 0 Å². The summed E-state index contributed by atoms with van der Waals surface area (Å²) in [5.41, 5.74) is 0.0369. The van der Waals surface area contributed by atoms with Gasteiger partial charge in [-0.1, -0.05) is 40.0 Å². The second kappa shape index (κ2) is 4.73. The lowest BCUT2D eigenvalue weighted by Gasteiger charge is -2.19. The normalized spacial score (nSPS) is 12.0. The molecule has 0 saturated carbocycles. The predicted octanol–water partition coefficient (Wildman–Crippen LogP) is 3.02. The van der Waals surface area contributed by atoms with Crippen LogP contribution in [0.15, 0.2) is 0 Å². The van der Waals surface area contributed by atoms with Gasteiger partial charge >= 0.3 is 0 Å². The summed E-state index contributed by atoms with van der Waals surface area (Å²) in [4.78, 5) is 0. The van der Waals surface area contributed by atoms with Gasteiger partial charge in [-0.2, -0.15) is 0 Å². The van der Waals surface area contributed by atoms with Gasteiger partial charge in [0, 0.05) is 0 Å². The van der Waals surface area contributed by atoms with Crippen LogP contribution in [0.4, 0.5) is 0 Å². The fourth-order valence-electron chi connectivity index (χ4n) is 0.926. The lowest BCUT2D eigenvalue weighted by molar-refractivity contribution is 0.0851. The highest BCUT2D eigenvalue weighted by Crippen LogP contribution is 2.22. The molecular weight excluding hydrogens is 124 g/mol. The maximum atomic E-state index is 10.5. The van der Waals surface area contributed by atoms with Gasteiger partial charge in [0.25, 0.3) is 0 Å². The molecule has 0 saturated heterocycles. The van der Waals surface area contributed by atoms with Gasteiger partial charge in [-0.15, -0.1) is 0 Å². The van der Waals surface area contributed by atoms with E-state index in [1.54, 1.807) is 0 Å². The highest BCUT2D eigenvalue weighted by atomic mass is 16.3. The summed E-state index contributed by atoms with van der Waals surface area (Å²) >= 11 is 0. The summed E-state index contributed by atoms with van der Waals surface area (Å²) in [7, 11) is 0. The second-order valence-electron chi connectivity index (χ2n) is 3.77. The average Bonchev–Trinajstić information content (AvgIpc) is 1.89. The van der Waals surface area contributed by atoms with E-state index in [4.69, 9.17) is 0 Å². The number of rotatable bonds is 5. The van der Waals surface area contributed by atoms with E-state index in [2.05, 4.69) is 20.8 Å². The van der Waals surface area contributed by atoms with Crippen molar-refractivity contribution in [3.8, 4) is 0 Å². The number of hydrogen-bond donors (Lipinski definition) is 0. The van der Waals surface area contributed by atoms with Gasteiger partial charge in [-0.05, 0) is 11.8 Å². The Labute approximate surface area is 64.5 Å². The minimum absolute atomic E-state index is 0.0369. The van der Waals surface area contributed by atoms with Crippen LogP contribution in [-0.4, -0.2) is 6.61 Å². The Kier molecular flexibility index (Phi) is 4.71. The highest BCUT2D eigenvalue weighted by molar-refractivity contribution is 4.65. The number of unbranched alkanes of at least 4 members (excludes halogenated alkanes) is 2. The first-order chi connectivity index (χ1) is 4.62. The number of hydrogen-bond acceptors (Lipinski definition) is 0. The molecule has 0 aliphatic rings. The summed E-state index contributed by atoms with van der Waals surface area (Å²) in [6.45, 7) is 6.35. The van der Waals surface area contributed by atoms with Crippen molar-refractivity contribution in [1.82, 2.24) is 0 Å². The molecule has 1 heteroatoms. The van der Waals surface area contributed by atoms with E-state index in [0.29, 0.717) is 0 Å². The van der Waals surface area contributed by atoms with Crippen molar-refractivity contribution < 1.29 is 5.11 Å². The molecule has 10 heavy (non-hydrogen) atoms. The Morgan fingerprint density at radius 3 is 2.20 bits per heavy atom. The lowest BCUT2D eigenvalue weighted by atomic mass is 9.88. The van der Waals surface area contributed by atoms with Crippen LogP contribution in [0.5, 0.6) is 0 Å². The molecule has 0 heterocycles. The van der Waals surface area contributed by atoms with E-state index in [0.717, 1.165) is 6.42 Å². The average molecular weight is 143 g/mol. The standard InChI is InChI=1S/C9H19O/c1-4-5-6-7-9(2,3)8-10/h4-8H2,1-3H3. The fourth-order valence-corrected chi connectivity index (χ4v) is 0.926. The summed E-state index contributed by atoms with van der Waals surface area (Å²) in [5.74, 6) is 0. The van der Waals surface area contributed by atoms with Gasteiger partial charge < -0.3 is 0 Å². The molecule has 0 aromatic carbocycles. The van der Waals surface area contributed by atoms with Crippen molar-refractivity contribution in [2.75, 3.05) is 6.61 Å². The molecule has 0 bridgehead atoms. The third-order valence-corrected chi connectivity index (χ3v) is 1.85. The third-order valence-electron chi connectivity index (χ3n) is 1.85. The first-order valence-corrected chi connectivity index (χ1v) is 4.20. The predicted molar refractivity (Wildman–Crippen MR) is 43.5 cm³/mol. The SMILES string of the molecule is CCCCCC(C)(C)C[O]. The van der Waals surface area contributed by atoms with Gasteiger partial charge in [0.2, 0.25) is 0 Å². The van der Waals surface area contributed by atoms with Crippen molar-refractivity contribution in [3.63, 3.8) is 0 Å². The van der Waals surface area contributed by atoms with Crippen LogP contribution in [0.1, 0.15) is 46.5 Å². The van der Waals surface area contributed by atoms with Crippen LogP contribution in [-0.2, 0) is 5.11 Å². The van der Waals surface area contributed by atoms with E-state index >= 15 is 0 Å². The van der Waals surface area contributed by atoms with Gasteiger partial charge in [-0.3, -0.25) is 0 Å². The Balaban J connectivity index is 3.28. The van der Waals surface area contributed by atoms with E-state index in [9.17, 15) is 5.11 Å². The van der Waals surface area contributed by atoms with Gasteiger partial charge in [0.05, 0.1) is 6.61 Å². The smallest absolute Gasteiger partial charge is 0.0873 e. The topological polar surface area (TPSA) is 19.9 Å². The van der Waals surface area contributed by atoms with Gasteiger partial charge in [0.1, 0.15) is 0 Å². The van der Waals surface area contributed by atoms with Gasteiger partial charge in [0.15, 0.2) is 0 Å². The maximum Gasteiger partial charge on any atom is 0.0873 e. The zero-order valence-corrected chi connectivity index (χ0v) is 7.44. The van der Waals surface area contributed by atoms with Crippen molar-refractivity contribution in [1.29, 1.82) is 0 Å². The van der Waals surface area contributed by atoms with Crippen LogP contribution in [0.25, 0.3) is 0 Å². The van der Waals surface area contributed by atoms with E-state index in [-0.39, 0.29) is 12.0 Å². The van der Waals surface area contributed by atoms with Crippen LogP contribution in [0, 0.1) is 5.41 Å². The zero-order valence-electron chi connectivity index (χ0n) is 7.44. The summed E-state index contributed by atoms with van der Waals surface area (Å²) in [6.07, 6.45) is 4.81. The molecule has 0 rings (SSSR count). The van der Waals surface area contributed by atoms with Crippen LogP contribution < -0.4 is 0 Å². The molecule has 0 aromatic heterocycles. The molecule has 0 amide bonds. The Morgan fingerprint density at radius 1 is 1.20 bits per heavy atom. The van der Waals surface area contributed by atoms with Crippen LogP contribution in [0.3, 0.4) is 0 Å². The van der Waals surface area contributed by atoms with Crippen LogP contribution >= 0.6 is 0 Å². The monoisotopic (exact) mass is 143 g/mol. The summed E-state index contributed by atoms with van der Waals surface area (Å²) in [6, 6.07) is 0. The fraction of sp³-hybridized carbons (Fsp3) is 1.00. The first-order valence-electron chi connectivity index (χ1n) is 4.20. The van der Waals surface area contributed by atoms with Crippen molar-refractivity contribution in [2.45, 2.75) is 46.5 Å². The molecule has 0 fully saturated rings. The van der Waals surface area contributed by atoms with E-state index < -0.39 is 0 Å².